The van der Waals surface area contributed by atoms with Crippen molar-refractivity contribution in [3.05, 3.63) is 29.3 Å². The molecule has 1 aromatic rings. The number of aliphatic carboxylic acids is 1. The molecule has 0 aromatic heterocycles. The number of carbonyl (C=O) groups excluding carboxylic acids is 2. The summed E-state index contributed by atoms with van der Waals surface area (Å²) >= 11 is 3.32. The third-order valence-electron chi connectivity index (χ3n) is 2.68. The lowest BCUT2D eigenvalue weighted by Crippen LogP contribution is -2.29. The van der Waals surface area contributed by atoms with Gasteiger partial charge in [-0.25, -0.2) is 0 Å². The molecule has 0 fully saturated rings. The number of carboxylic acids is 1. The molecule has 0 amide bonds. The first kappa shape index (κ1) is 12.1. The van der Waals surface area contributed by atoms with Gasteiger partial charge in [-0.1, -0.05) is 28.1 Å². The van der Waals surface area contributed by atoms with E-state index in [-0.39, 0.29) is 10.6 Å². The van der Waals surface area contributed by atoms with E-state index in [1.165, 1.54) is 0 Å². The highest BCUT2D eigenvalue weighted by Gasteiger charge is 2.27. The van der Waals surface area contributed by atoms with Crippen LogP contribution in [0.4, 0.5) is 0 Å². The molecule has 0 bridgehead atoms. The van der Waals surface area contributed by atoms with E-state index in [1.54, 1.807) is 18.2 Å². The first-order valence-corrected chi connectivity index (χ1v) is 6.14. The number of Topliss-reactive ketones (excluding diaryl/α,β-unsaturated/α-hetero) is 1. The Morgan fingerprint density at radius 3 is 3.00 bits per heavy atom. The Morgan fingerprint density at radius 1 is 1.53 bits per heavy atom. The number of fused-ring (bicyclic) bond motifs is 1. The van der Waals surface area contributed by atoms with Gasteiger partial charge in [-0.2, -0.15) is 0 Å². The fourth-order valence-corrected chi connectivity index (χ4v) is 2.37. The summed E-state index contributed by atoms with van der Waals surface area (Å²) in [5.74, 6) is -0.798. The molecule has 1 aliphatic carbocycles. The van der Waals surface area contributed by atoms with Crippen LogP contribution in [0, 0.1) is 0 Å². The first-order chi connectivity index (χ1) is 8.09. The van der Waals surface area contributed by atoms with Crippen LogP contribution >= 0.6 is 15.9 Å². The molecule has 2 rings (SSSR count). The van der Waals surface area contributed by atoms with Crippen LogP contribution in [-0.2, 0) is 11.2 Å². The maximum Gasteiger partial charge on any atom is 0.176 e. The Morgan fingerprint density at radius 2 is 2.29 bits per heavy atom. The van der Waals surface area contributed by atoms with E-state index >= 15 is 0 Å². The van der Waals surface area contributed by atoms with Crippen LogP contribution in [0.3, 0.4) is 0 Å². The zero-order valence-electron chi connectivity index (χ0n) is 8.94. The number of carboxylic acid groups (broad SMARTS) is 1. The quantitative estimate of drug-likeness (QED) is 0.771. The van der Waals surface area contributed by atoms with Crippen molar-refractivity contribution in [1.29, 1.82) is 0 Å². The molecule has 0 saturated heterocycles. The summed E-state index contributed by atoms with van der Waals surface area (Å²) in [6.07, 6.45) is 1.39. The number of ketones is 1. The number of hydrogen-bond acceptors (Lipinski definition) is 4. The molecule has 0 radical (unpaired) electrons. The van der Waals surface area contributed by atoms with Gasteiger partial charge in [0.2, 0.25) is 0 Å². The van der Waals surface area contributed by atoms with Crippen molar-refractivity contribution in [2.45, 2.75) is 17.7 Å². The average molecular weight is 298 g/mol. The van der Waals surface area contributed by atoms with Gasteiger partial charge in [0.05, 0.1) is 10.8 Å². The molecular weight excluding hydrogens is 288 g/mol. The minimum atomic E-state index is -1.27. The number of benzene rings is 1. The Balaban J connectivity index is 2.30. The molecule has 5 heteroatoms. The zero-order chi connectivity index (χ0) is 12.4. The summed E-state index contributed by atoms with van der Waals surface area (Å²) < 4.78 is 5.12. The van der Waals surface area contributed by atoms with Gasteiger partial charge < -0.3 is 14.6 Å². The summed E-state index contributed by atoms with van der Waals surface area (Å²) in [6, 6.07) is 5.09. The van der Waals surface area contributed by atoms with Gasteiger partial charge >= 0.3 is 0 Å². The number of alkyl halides is 1. The number of carbonyl (C=O) groups is 2. The largest absolute Gasteiger partial charge is 0.546 e. The summed E-state index contributed by atoms with van der Waals surface area (Å²) in [5.41, 5.74) is 1.39. The van der Waals surface area contributed by atoms with Crippen molar-refractivity contribution in [2.24, 2.45) is 0 Å². The van der Waals surface area contributed by atoms with E-state index in [1.807, 2.05) is 0 Å². The molecule has 0 saturated carbocycles. The predicted molar refractivity (Wildman–Crippen MR) is 62.3 cm³/mol. The lowest BCUT2D eigenvalue weighted by atomic mass is 9.90. The molecule has 1 aromatic carbocycles. The maximum absolute atomic E-state index is 11.9. The number of halogens is 1. The highest BCUT2D eigenvalue weighted by molar-refractivity contribution is 9.10. The second-order valence-corrected chi connectivity index (χ2v) is 4.92. The number of ether oxygens (including phenoxy) is 1. The molecule has 1 aliphatic rings. The van der Waals surface area contributed by atoms with Crippen molar-refractivity contribution in [3.63, 3.8) is 0 Å². The van der Waals surface area contributed by atoms with Crippen molar-refractivity contribution in [2.75, 3.05) is 6.61 Å². The summed E-state index contributed by atoms with van der Waals surface area (Å²) in [6.45, 7) is -0.498. The average Bonchev–Trinajstić information content (AvgIpc) is 2.31. The Kier molecular flexibility index (Phi) is 3.47. The summed E-state index contributed by atoms with van der Waals surface area (Å²) in [7, 11) is 0. The second kappa shape index (κ2) is 4.87. The second-order valence-electron chi connectivity index (χ2n) is 3.81. The fraction of sp³-hybridized carbons (Fsp3) is 0.333. The molecule has 0 aliphatic heterocycles. The van der Waals surface area contributed by atoms with Crippen molar-refractivity contribution in [1.82, 2.24) is 0 Å². The van der Waals surface area contributed by atoms with E-state index in [0.717, 1.165) is 5.56 Å². The van der Waals surface area contributed by atoms with Gasteiger partial charge in [-0.3, -0.25) is 4.79 Å². The first-order valence-electron chi connectivity index (χ1n) is 5.22. The van der Waals surface area contributed by atoms with Gasteiger partial charge in [0.15, 0.2) is 5.78 Å². The third kappa shape index (κ3) is 2.49. The van der Waals surface area contributed by atoms with Crippen LogP contribution in [0.25, 0.3) is 0 Å². The van der Waals surface area contributed by atoms with Crippen LogP contribution < -0.4 is 9.84 Å². The zero-order valence-corrected chi connectivity index (χ0v) is 10.5. The normalized spacial score (nSPS) is 18.6. The van der Waals surface area contributed by atoms with E-state index in [9.17, 15) is 14.7 Å². The molecule has 1 unspecified atom stereocenters. The highest BCUT2D eigenvalue weighted by Crippen LogP contribution is 2.32. The summed E-state index contributed by atoms with van der Waals surface area (Å²) in [4.78, 5) is 22.1. The molecule has 1 atom stereocenters. The van der Waals surface area contributed by atoms with Gasteiger partial charge in [0, 0.05) is 11.1 Å². The van der Waals surface area contributed by atoms with E-state index in [4.69, 9.17) is 4.74 Å². The van der Waals surface area contributed by atoms with Crippen LogP contribution in [0.15, 0.2) is 18.2 Å². The minimum absolute atomic E-state index is 0.0187. The van der Waals surface area contributed by atoms with Gasteiger partial charge in [0.25, 0.3) is 0 Å². The van der Waals surface area contributed by atoms with Gasteiger partial charge in [-0.05, 0) is 18.9 Å². The van der Waals surface area contributed by atoms with Gasteiger partial charge in [-0.15, -0.1) is 0 Å². The van der Waals surface area contributed by atoms with Crippen molar-refractivity contribution in [3.8, 4) is 5.75 Å². The molecule has 0 heterocycles. The summed E-state index contributed by atoms with van der Waals surface area (Å²) in [5, 5.41) is 10.3. The topological polar surface area (TPSA) is 66.4 Å². The van der Waals surface area contributed by atoms with Crippen LogP contribution in [0.1, 0.15) is 22.3 Å². The monoisotopic (exact) mass is 297 g/mol. The van der Waals surface area contributed by atoms with Crippen LogP contribution in [-0.4, -0.2) is 23.2 Å². The number of hydrogen-bond donors (Lipinski definition) is 0. The molecule has 0 spiro atoms. The van der Waals surface area contributed by atoms with Crippen LogP contribution in [0.2, 0.25) is 0 Å². The molecular formula is C12H10BrO4-. The standard InChI is InChI=1S/C12H11BrO4/c13-9-5-4-7-8(12(9)16)2-1-3-10(7)17-6-11(14)15/h1-3,9H,4-6H2,(H,14,15)/p-1. The van der Waals surface area contributed by atoms with Crippen molar-refractivity contribution >= 4 is 27.7 Å². The van der Waals surface area contributed by atoms with Crippen molar-refractivity contribution < 1.29 is 19.4 Å². The fourth-order valence-electron chi connectivity index (χ4n) is 1.90. The lowest BCUT2D eigenvalue weighted by Gasteiger charge is -2.21. The smallest absolute Gasteiger partial charge is 0.176 e. The third-order valence-corrected chi connectivity index (χ3v) is 3.55. The molecule has 4 nitrogen and oxygen atoms in total. The Bertz CT molecular complexity index is 470. The Hall–Kier alpha value is -1.36. The molecule has 0 N–H and O–H groups in total. The maximum atomic E-state index is 11.9. The molecule has 90 valence electrons. The lowest BCUT2D eigenvalue weighted by molar-refractivity contribution is -0.307. The molecule has 17 heavy (non-hydrogen) atoms. The van der Waals surface area contributed by atoms with Crippen LogP contribution in [0.5, 0.6) is 5.75 Å². The van der Waals surface area contributed by atoms with E-state index in [0.29, 0.717) is 24.2 Å². The number of rotatable bonds is 3. The van der Waals surface area contributed by atoms with E-state index < -0.39 is 12.6 Å². The van der Waals surface area contributed by atoms with Gasteiger partial charge in [0.1, 0.15) is 12.4 Å². The van der Waals surface area contributed by atoms with E-state index in [2.05, 4.69) is 15.9 Å². The predicted octanol–water partition coefficient (Wildman–Crippen LogP) is 0.708. The SMILES string of the molecule is O=C([O-])COc1cccc2c1CCC(Br)C2=O. The Labute approximate surface area is 107 Å². The minimum Gasteiger partial charge on any atom is -0.546 e. The highest BCUT2D eigenvalue weighted by atomic mass is 79.9.